The van der Waals surface area contributed by atoms with E-state index in [9.17, 15) is 4.79 Å². The Bertz CT molecular complexity index is 209. The number of thiophene rings is 1. The average molecular weight is 161 g/mol. The number of halogens is 1. The molecule has 1 rings (SSSR count). The quantitative estimate of drug-likeness (QED) is 0.577. The van der Waals surface area contributed by atoms with Crippen LogP contribution in [-0.2, 0) is 0 Å². The first-order chi connectivity index (χ1) is 4.24. The van der Waals surface area contributed by atoms with Crippen molar-refractivity contribution in [3.05, 3.63) is 20.8 Å². The van der Waals surface area contributed by atoms with Crippen LogP contribution in [0.1, 0.15) is 14.5 Å². The van der Waals surface area contributed by atoms with Crippen LogP contribution < -0.4 is 0 Å². The minimum Gasteiger partial charge on any atom is -0.297 e. The third kappa shape index (κ3) is 1.32. The summed E-state index contributed by atoms with van der Waals surface area (Å²) >= 11 is 7.07. The maximum Gasteiger partial charge on any atom is 0.160 e. The molecule has 0 saturated heterocycles. The largest absolute Gasteiger partial charge is 0.297 e. The van der Waals surface area contributed by atoms with Crippen LogP contribution >= 0.6 is 22.9 Å². The molecular formula is C6H5ClOS. The number of aryl methyl sites for hydroxylation is 1. The second kappa shape index (κ2) is 2.50. The van der Waals surface area contributed by atoms with Crippen molar-refractivity contribution in [3.63, 3.8) is 0 Å². The molecule has 0 atom stereocenters. The highest BCUT2D eigenvalue weighted by Gasteiger charge is 1.99. The number of carbonyl (C=O) groups is 1. The van der Waals surface area contributed by atoms with E-state index < -0.39 is 0 Å². The minimum atomic E-state index is 0.683. The van der Waals surface area contributed by atoms with Gasteiger partial charge in [0.1, 0.15) is 0 Å². The Kier molecular flexibility index (Phi) is 1.88. The van der Waals surface area contributed by atoms with Crippen molar-refractivity contribution in [2.75, 3.05) is 0 Å². The molecule has 3 heteroatoms. The third-order valence-corrected chi connectivity index (χ3v) is 2.47. The van der Waals surface area contributed by atoms with Gasteiger partial charge in [0.25, 0.3) is 0 Å². The number of hydrogen-bond acceptors (Lipinski definition) is 2. The fourth-order valence-electron chi connectivity index (χ4n) is 0.540. The van der Waals surface area contributed by atoms with Gasteiger partial charge in [-0.2, -0.15) is 0 Å². The third-order valence-electron chi connectivity index (χ3n) is 0.992. The van der Waals surface area contributed by atoms with Crippen molar-refractivity contribution < 1.29 is 4.79 Å². The summed E-state index contributed by atoms with van der Waals surface area (Å²) in [6, 6.07) is 1.68. The molecule has 0 aromatic carbocycles. The van der Waals surface area contributed by atoms with Crippen LogP contribution in [0, 0.1) is 6.92 Å². The monoisotopic (exact) mass is 160 g/mol. The van der Waals surface area contributed by atoms with E-state index in [1.807, 2.05) is 6.92 Å². The Morgan fingerprint density at radius 2 is 2.44 bits per heavy atom. The van der Waals surface area contributed by atoms with E-state index in [2.05, 4.69) is 0 Å². The molecule has 1 heterocycles. The van der Waals surface area contributed by atoms with Crippen LogP contribution in [-0.4, -0.2) is 6.29 Å². The highest BCUT2D eigenvalue weighted by molar-refractivity contribution is 7.14. The van der Waals surface area contributed by atoms with E-state index in [-0.39, 0.29) is 0 Å². The molecule has 9 heavy (non-hydrogen) atoms. The summed E-state index contributed by atoms with van der Waals surface area (Å²) in [7, 11) is 0. The molecule has 0 saturated carbocycles. The van der Waals surface area contributed by atoms with Crippen LogP contribution in [0.15, 0.2) is 6.07 Å². The van der Waals surface area contributed by atoms with Gasteiger partial charge in [-0.1, -0.05) is 11.6 Å². The molecular weight excluding hydrogens is 156 g/mol. The molecule has 0 amide bonds. The maximum absolute atomic E-state index is 10.1. The molecule has 0 spiro atoms. The molecule has 0 aliphatic rings. The number of aldehydes is 1. The standard InChI is InChI=1S/C6H5ClOS/c1-4-6(7)2-5(3-8)9-4/h2-3H,1H3. The van der Waals surface area contributed by atoms with Crippen LogP contribution in [0.4, 0.5) is 0 Å². The van der Waals surface area contributed by atoms with Crippen molar-refractivity contribution in [1.29, 1.82) is 0 Å². The summed E-state index contributed by atoms with van der Waals surface area (Å²) < 4.78 is 0. The lowest BCUT2D eigenvalue weighted by Gasteiger charge is -1.76. The fraction of sp³-hybridized carbons (Fsp3) is 0.167. The molecule has 0 aliphatic carbocycles. The minimum absolute atomic E-state index is 0.683. The Morgan fingerprint density at radius 1 is 1.78 bits per heavy atom. The SMILES string of the molecule is Cc1sc(C=O)cc1Cl. The van der Waals surface area contributed by atoms with Crippen molar-refractivity contribution in [2.24, 2.45) is 0 Å². The topological polar surface area (TPSA) is 17.1 Å². The van der Waals surface area contributed by atoms with E-state index in [0.29, 0.717) is 9.90 Å². The Morgan fingerprint density at radius 3 is 2.67 bits per heavy atom. The lowest BCUT2D eigenvalue weighted by molar-refractivity contribution is 0.112. The van der Waals surface area contributed by atoms with Gasteiger partial charge < -0.3 is 0 Å². The predicted molar refractivity (Wildman–Crippen MR) is 39.5 cm³/mol. The van der Waals surface area contributed by atoms with Gasteiger partial charge in [-0.25, -0.2) is 0 Å². The van der Waals surface area contributed by atoms with Gasteiger partial charge in [0.05, 0.1) is 9.90 Å². The van der Waals surface area contributed by atoms with Gasteiger partial charge in [0, 0.05) is 4.88 Å². The first kappa shape index (κ1) is 6.78. The molecule has 0 aliphatic heterocycles. The van der Waals surface area contributed by atoms with Gasteiger partial charge in [0.2, 0.25) is 0 Å². The van der Waals surface area contributed by atoms with E-state index in [1.54, 1.807) is 6.07 Å². The summed E-state index contributed by atoms with van der Waals surface area (Å²) in [5, 5.41) is 0.683. The maximum atomic E-state index is 10.1. The highest BCUT2D eigenvalue weighted by atomic mass is 35.5. The summed E-state index contributed by atoms with van der Waals surface area (Å²) in [5.41, 5.74) is 0. The first-order valence-corrected chi connectivity index (χ1v) is 3.64. The lowest BCUT2D eigenvalue weighted by atomic mass is 10.4. The molecule has 0 fully saturated rings. The van der Waals surface area contributed by atoms with Crippen LogP contribution in [0.5, 0.6) is 0 Å². The van der Waals surface area contributed by atoms with Gasteiger partial charge >= 0.3 is 0 Å². The first-order valence-electron chi connectivity index (χ1n) is 2.45. The zero-order valence-corrected chi connectivity index (χ0v) is 6.42. The second-order valence-electron chi connectivity index (χ2n) is 1.67. The molecule has 48 valence electrons. The van der Waals surface area contributed by atoms with Gasteiger partial charge in [0.15, 0.2) is 6.29 Å². The van der Waals surface area contributed by atoms with E-state index >= 15 is 0 Å². The van der Waals surface area contributed by atoms with Crippen molar-refractivity contribution >= 4 is 29.2 Å². The summed E-state index contributed by atoms with van der Waals surface area (Å²) in [4.78, 5) is 11.8. The Labute approximate surface area is 62.3 Å². The summed E-state index contributed by atoms with van der Waals surface area (Å²) in [5.74, 6) is 0. The molecule has 1 aromatic rings. The number of hydrogen-bond donors (Lipinski definition) is 0. The van der Waals surface area contributed by atoms with Crippen LogP contribution in [0.2, 0.25) is 5.02 Å². The fourth-order valence-corrected chi connectivity index (χ4v) is 1.57. The van der Waals surface area contributed by atoms with Gasteiger partial charge in [-0.3, -0.25) is 4.79 Å². The predicted octanol–water partition coefficient (Wildman–Crippen LogP) is 2.52. The van der Waals surface area contributed by atoms with Gasteiger partial charge in [-0.15, -0.1) is 11.3 Å². The number of rotatable bonds is 1. The average Bonchev–Trinajstić information content (AvgIpc) is 2.13. The van der Waals surface area contributed by atoms with Crippen molar-refractivity contribution in [2.45, 2.75) is 6.92 Å². The van der Waals surface area contributed by atoms with Crippen molar-refractivity contribution in [3.8, 4) is 0 Å². The molecule has 0 radical (unpaired) electrons. The van der Waals surface area contributed by atoms with Gasteiger partial charge in [-0.05, 0) is 13.0 Å². The zero-order valence-electron chi connectivity index (χ0n) is 4.85. The molecule has 0 N–H and O–H groups in total. The molecule has 0 unspecified atom stereocenters. The smallest absolute Gasteiger partial charge is 0.160 e. The van der Waals surface area contributed by atoms with Crippen molar-refractivity contribution in [1.82, 2.24) is 0 Å². The second-order valence-corrected chi connectivity index (χ2v) is 3.37. The van der Waals surface area contributed by atoms with E-state index in [4.69, 9.17) is 11.6 Å². The lowest BCUT2D eigenvalue weighted by Crippen LogP contribution is -1.62. The molecule has 0 bridgehead atoms. The Balaban J connectivity index is 3.11. The van der Waals surface area contributed by atoms with Crippen LogP contribution in [0.3, 0.4) is 0 Å². The summed E-state index contributed by atoms with van der Waals surface area (Å²) in [6.07, 6.45) is 0.809. The normalized spacial score (nSPS) is 9.56. The van der Waals surface area contributed by atoms with Crippen LogP contribution in [0.25, 0.3) is 0 Å². The molecule has 1 aromatic heterocycles. The Hall–Kier alpha value is -0.340. The highest BCUT2D eigenvalue weighted by Crippen LogP contribution is 2.23. The zero-order chi connectivity index (χ0) is 6.85. The number of carbonyl (C=O) groups excluding carboxylic acids is 1. The molecule has 1 nitrogen and oxygen atoms in total. The van der Waals surface area contributed by atoms with E-state index in [0.717, 1.165) is 11.2 Å². The van der Waals surface area contributed by atoms with E-state index in [1.165, 1.54) is 11.3 Å². The summed E-state index contributed by atoms with van der Waals surface area (Å²) in [6.45, 7) is 1.89.